The van der Waals surface area contributed by atoms with Crippen molar-refractivity contribution in [3.63, 3.8) is 0 Å². The topological polar surface area (TPSA) is 19.6 Å². The predicted octanol–water partition coefficient (Wildman–Crippen LogP) is 16.3. The van der Waals surface area contributed by atoms with Gasteiger partial charge in [0.15, 0.2) is 0 Å². The maximum absolute atomic E-state index is 6.53. The monoisotopic (exact) mass is 894 g/mol. The maximum Gasteiger partial charge on any atom is 0.252 e. The maximum atomic E-state index is 6.53. The van der Waals surface area contributed by atoms with Gasteiger partial charge in [-0.3, -0.25) is 0 Å². The number of benzene rings is 9. The summed E-state index contributed by atoms with van der Waals surface area (Å²) in [7, 11) is 0. The van der Waals surface area contributed by atoms with Crippen molar-refractivity contribution in [2.45, 2.75) is 59.3 Å². The molecule has 2 aromatic heterocycles. The molecule has 3 nitrogen and oxygen atoms in total. The Morgan fingerprint density at radius 3 is 1.74 bits per heavy atom. The lowest BCUT2D eigenvalue weighted by molar-refractivity contribution is 0.590. The van der Waals surface area contributed by atoms with Gasteiger partial charge in [-0.2, -0.15) is 0 Å². The highest BCUT2D eigenvalue weighted by Gasteiger charge is 2.44. The Balaban J connectivity index is 1.00. The summed E-state index contributed by atoms with van der Waals surface area (Å²) >= 11 is 1.89. The first kappa shape index (κ1) is 40.9. The van der Waals surface area contributed by atoms with Crippen molar-refractivity contribution in [1.82, 2.24) is 0 Å². The van der Waals surface area contributed by atoms with Crippen LogP contribution in [0.4, 0.5) is 34.1 Å². The van der Waals surface area contributed by atoms with Crippen LogP contribution in [0.1, 0.15) is 58.2 Å². The SMILES string of the molecule is Cc1cc2c3c(c1)N(c1ccc(-c4cccc5c4oc4ccccc45)cc1)c1cc(C(C)(C)C)ccc1B3c1cc(C(C)(C)C)ccc1N2c1ccc(-c2cccc3c2sc2ccccc23)cc1. The molecule has 11 aromatic rings. The number of anilines is 6. The Morgan fingerprint density at radius 1 is 0.456 bits per heavy atom. The van der Waals surface area contributed by atoms with Crippen LogP contribution in [-0.4, -0.2) is 6.71 Å². The fraction of sp³-hybridized carbons (Fsp3) is 0.143. The zero-order chi connectivity index (χ0) is 46.2. The van der Waals surface area contributed by atoms with Crippen LogP contribution in [0.5, 0.6) is 0 Å². The van der Waals surface area contributed by atoms with E-state index in [9.17, 15) is 0 Å². The number of hydrogen-bond donors (Lipinski definition) is 0. The first-order chi connectivity index (χ1) is 32.9. The zero-order valence-electron chi connectivity index (χ0n) is 39.6. The number of aryl methyl sites for hydroxylation is 1. The molecule has 0 radical (unpaired) electrons. The quantitative estimate of drug-likeness (QED) is 0.164. The van der Waals surface area contributed by atoms with Crippen molar-refractivity contribution >= 4 is 111 Å². The molecule has 0 unspecified atom stereocenters. The number of hydrogen-bond acceptors (Lipinski definition) is 4. The van der Waals surface area contributed by atoms with E-state index in [0.717, 1.165) is 44.4 Å². The van der Waals surface area contributed by atoms with Gasteiger partial charge in [0.1, 0.15) is 11.2 Å². The highest BCUT2D eigenvalue weighted by Crippen LogP contribution is 2.47. The zero-order valence-corrected chi connectivity index (χ0v) is 40.4. The van der Waals surface area contributed by atoms with Crippen molar-refractivity contribution in [2.24, 2.45) is 0 Å². The average molecular weight is 895 g/mol. The fourth-order valence-electron chi connectivity index (χ4n) is 11.2. The third-order valence-electron chi connectivity index (χ3n) is 14.6. The van der Waals surface area contributed by atoms with Crippen LogP contribution in [0.3, 0.4) is 0 Å². The lowest BCUT2D eigenvalue weighted by Crippen LogP contribution is -2.61. The summed E-state index contributed by atoms with van der Waals surface area (Å²) in [5.41, 5.74) is 21.6. The van der Waals surface area contributed by atoms with E-state index in [-0.39, 0.29) is 17.5 Å². The molecule has 2 aliphatic heterocycles. The first-order valence-corrected chi connectivity index (χ1v) is 24.8. The molecule has 9 aromatic carbocycles. The van der Waals surface area contributed by atoms with Gasteiger partial charge in [-0.05, 0) is 128 Å². The highest BCUT2D eigenvalue weighted by molar-refractivity contribution is 7.26. The van der Waals surface area contributed by atoms with E-state index in [1.807, 2.05) is 17.4 Å². The van der Waals surface area contributed by atoms with E-state index < -0.39 is 0 Å². The Hall–Kier alpha value is -7.34. The smallest absolute Gasteiger partial charge is 0.252 e. The molecule has 328 valence electrons. The van der Waals surface area contributed by atoms with Gasteiger partial charge in [-0.15, -0.1) is 11.3 Å². The number of thiophene rings is 1. The van der Waals surface area contributed by atoms with E-state index in [4.69, 9.17) is 4.42 Å². The molecule has 5 heteroatoms. The van der Waals surface area contributed by atoms with E-state index >= 15 is 0 Å². The number of nitrogens with zero attached hydrogens (tertiary/aromatic N) is 2. The lowest BCUT2D eigenvalue weighted by atomic mass is 9.33. The number of fused-ring (bicyclic) bond motifs is 10. The molecule has 4 heterocycles. The van der Waals surface area contributed by atoms with E-state index in [2.05, 4.69) is 234 Å². The number of para-hydroxylation sites is 2. The summed E-state index contributed by atoms with van der Waals surface area (Å²) in [4.78, 5) is 5.09. The Morgan fingerprint density at radius 2 is 1.03 bits per heavy atom. The van der Waals surface area contributed by atoms with Gasteiger partial charge in [0, 0.05) is 70.6 Å². The fourth-order valence-corrected chi connectivity index (χ4v) is 12.4. The minimum Gasteiger partial charge on any atom is -0.455 e. The molecule has 2 aliphatic rings. The second-order valence-electron chi connectivity index (χ2n) is 21.0. The molecular weight excluding hydrogens is 844 g/mol. The molecule has 0 spiro atoms. The third-order valence-corrected chi connectivity index (χ3v) is 15.8. The van der Waals surface area contributed by atoms with Crippen LogP contribution < -0.4 is 26.2 Å². The standard InChI is InChI=1S/C63H51BN2OS/c1-38-34-55-59-56(35-38)66(44-28-22-39(23-29-44)45-16-12-18-49-47-14-8-10-20-57(47)67-60(45)49)54-37-42(63(5,6)7)26-32-51(54)64(59)52-36-41(62(2,3)4)27-33-53(52)65(55)43-30-24-40(25-31-43)46-17-13-19-50-48-15-9-11-21-58(48)68-61(46)50/h8-37H,1-7H3. The van der Waals surface area contributed by atoms with E-state index in [0.29, 0.717) is 0 Å². The second-order valence-corrected chi connectivity index (χ2v) is 22.1. The van der Waals surface area contributed by atoms with Gasteiger partial charge in [-0.1, -0.05) is 163 Å². The van der Waals surface area contributed by atoms with Gasteiger partial charge >= 0.3 is 0 Å². The molecule has 0 bridgehead atoms. The molecule has 0 saturated heterocycles. The van der Waals surface area contributed by atoms with Crippen LogP contribution in [0.2, 0.25) is 0 Å². The van der Waals surface area contributed by atoms with E-state index in [1.54, 1.807) is 0 Å². The molecule has 68 heavy (non-hydrogen) atoms. The van der Waals surface area contributed by atoms with Crippen molar-refractivity contribution in [3.05, 3.63) is 199 Å². The largest absolute Gasteiger partial charge is 0.455 e. The van der Waals surface area contributed by atoms with Crippen molar-refractivity contribution in [2.75, 3.05) is 9.80 Å². The molecule has 0 saturated carbocycles. The first-order valence-electron chi connectivity index (χ1n) is 23.9. The van der Waals surface area contributed by atoms with Crippen LogP contribution in [0.15, 0.2) is 186 Å². The Bertz CT molecular complexity index is 3840. The van der Waals surface area contributed by atoms with Crippen LogP contribution in [0, 0.1) is 6.92 Å². The summed E-state index contributed by atoms with van der Waals surface area (Å²) in [6.07, 6.45) is 0. The molecular formula is C63H51BN2OS. The summed E-state index contributed by atoms with van der Waals surface area (Å²) in [6.45, 7) is 16.3. The minimum atomic E-state index is -0.0385. The summed E-state index contributed by atoms with van der Waals surface area (Å²) in [5.74, 6) is 0. The minimum absolute atomic E-state index is 0.0282. The summed E-state index contributed by atoms with van der Waals surface area (Å²) < 4.78 is 9.19. The number of rotatable bonds is 4. The average Bonchev–Trinajstić information content (AvgIpc) is 3.92. The van der Waals surface area contributed by atoms with Crippen LogP contribution in [-0.2, 0) is 10.8 Å². The van der Waals surface area contributed by atoms with E-state index in [1.165, 1.54) is 87.1 Å². The molecule has 0 aliphatic carbocycles. The summed E-state index contributed by atoms with van der Waals surface area (Å²) in [6, 6.07) is 68.2. The van der Waals surface area contributed by atoms with Crippen molar-refractivity contribution < 1.29 is 4.42 Å². The second kappa shape index (κ2) is 14.8. The van der Waals surface area contributed by atoms with Gasteiger partial charge in [0.05, 0.1) is 0 Å². The van der Waals surface area contributed by atoms with Crippen LogP contribution >= 0.6 is 11.3 Å². The van der Waals surface area contributed by atoms with Gasteiger partial charge < -0.3 is 14.2 Å². The number of furan rings is 1. The third kappa shape index (κ3) is 6.25. The molecule has 0 N–H and O–H groups in total. The highest BCUT2D eigenvalue weighted by atomic mass is 32.1. The Labute approximate surface area is 403 Å². The molecule has 13 rings (SSSR count). The Kier molecular flexibility index (Phi) is 8.92. The van der Waals surface area contributed by atoms with Crippen molar-refractivity contribution in [1.29, 1.82) is 0 Å². The predicted molar refractivity (Wildman–Crippen MR) is 294 cm³/mol. The van der Waals surface area contributed by atoms with Crippen molar-refractivity contribution in [3.8, 4) is 22.3 Å². The lowest BCUT2D eigenvalue weighted by Gasteiger charge is -2.45. The molecule has 0 fully saturated rings. The van der Waals surface area contributed by atoms with Gasteiger partial charge in [0.25, 0.3) is 6.71 Å². The van der Waals surface area contributed by atoms with Crippen LogP contribution in [0.25, 0.3) is 64.4 Å². The van der Waals surface area contributed by atoms with Gasteiger partial charge in [-0.25, -0.2) is 0 Å². The molecule has 0 amide bonds. The molecule has 0 atom stereocenters. The van der Waals surface area contributed by atoms with Gasteiger partial charge in [0.2, 0.25) is 0 Å². The summed E-state index contributed by atoms with van der Waals surface area (Å²) in [5, 5.41) is 4.93. The normalized spacial score (nSPS) is 13.4.